The summed E-state index contributed by atoms with van der Waals surface area (Å²) in [6.07, 6.45) is 3.51. The SMILES string of the molecule is CCCCOCC(C)(C)CP(c1ccccc1)c1ccccc1. The highest BCUT2D eigenvalue weighted by molar-refractivity contribution is 7.73. The molecule has 0 unspecified atom stereocenters. The Kier molecular flexibility index (Phi) is 7.27. The molecule has 0 bridgehead atoms. The fourth-order valence-electron chi connectivity index (χ4n) is 2.62. The van der Waals surface area contributed by atoms with Gasteiger partial charge in [-0.3, -0.25) is 0 Å². The summed E-state index contributed by atoms with van der Waals surface area (Å²) in [5.41, 5.74) is 0.186. The first-order valence-corrected chi connectivity index (χ1v) is 10.1. The minimum Gasteiger partial charge on any atom is -0.381 e. The Morgan fingerprint density at radius 2 is 1.39 bits per heavy atom. The van der Waals surface area contributed by atoms with Gasteiger partial charge in [-0.2, -0.15) is 0 Å². The first-order valence-electron chi connectivity index (χ1n) is 8.58. The van der Waals surface area contributed by atoms with Crippen molar-refractivity contribution in [1.82, 2.24) is 0 Å². The van der Waals surface area contributed by atoms with E-state index in [1.807, 2.05) is 0 Å². The summed E-state index contributed by atoms with van der Waals surface area (Å²) >= 11 is 0. The van der Waals surface area contributed by atoms with Crippen molar-refractivity contribution in [2.45, 2.75) is 33.6 Å². The fraction of sp³-hybridized carbons (Fsp3) is 0.429. The highest BCUT2D eigenvalue weighted by Crippen LogP contribution is 2.40. The van der Waals surface area contributed by atoms with E-state index < -0.39 is 0 Å². The third-order valence-corrected chi connectivity index (χ3v) is 6.87. The minimum atomic E-state index is -0.343. The molecule has 0 amide bonds. The van der Waals surface area contributed by atoms with Crippen molar-refractivity contribution in [3.8, 4) is 0 Å². The van der Waals surface area contributed by atoms with Gasteiger partial charge in [0, 0.05) is 6.61 Å². The van der Waals surface area contributed by atoms with Crippen LogP contribution >= 0.6 is 7.92 Å². The molecule has 0 aliphatic rings. The first kappa shape index (κ1) is 18.2. The maximum atomic E-state index is 5.92. The molecule has 2 rings (SSSR count). The third kappa shape index (κ3) is 6.09. The van der Waals surface area contributed by atoms with Gasteiger partial charge in [0.15, 0.2) is 0 Å². The Morgan fingerprint density at radius 3 is 1.87 bits per heavy atom. The van der Waals surface area contributed by atoms with Gasteiger partial charge in [-0.25, -0.2) is 0 Å². The molecule has 23 heavy (non-hydrogen) atoms. The zero-order valence-electron chi connectivity index (χ0n) is 14.7. The van der Waals surface area contributed by atoms with Crippen LogP contribution in [0.5, 0.6) is 0 Å². The van der Waals surface area contributed by atoms with Crippen molar-refractivity contribution >= 4 is 18.5 Å². The van der Waals surface area contributed by atoms with Gasteiger partial charge in [0.2, 0.25) is 0 Å². The predicted molar refractivity (Wildman–Crippen MR) is 103 cm³/mol. The standard InChI is InChI=1S/C21H29OP/c1-4-5-16-22-17-21(2,3)18-23(19-12-8-6-9-13-19)20-14-10-7-11-15-20/h6-15H,4-5,16-18H2,1-3H3. The van der Waals surface area contributed by atoms with Crippen LogP contribution in [0, 0.1) is 5.41 Å². The van der Waals surface area contributed by atoms with E-state index in [0.29, 0.717) is 0 Å². The first-order chi connectivity index (χ1) is 11.1. The molecular formula is C21H29OP. The largest absolute Gasteiger partial charge is 0.381 e. The van der Waals surface area contributed by atoms with Crippen LogP contribution in [-0.4, -0.2) is 19.4 Å². The molecule has 0 fully saturated rings. The van der Waals surface area contributed by atoms with Crippen LogP contribution in [-0.2, 0) is 4.74 Å². The Hall–Kier alpha value is -1.17. The van der Waals surface area contributed by atoms with Gasteiger partial charge >= 0.3 is 0 Å². The molecule has 0 saturated carbocycles. The van der Waals surface area contributed by atoms with Crippen LogP contribution in [0.15, 0.2) is 60.7 Å². The zero-order valence-corrected chi connectivity index (χ0v) is 15.6. The molecule has 0 aliphatic heterocycles. The van der Waals surface area contributed by atoms with E-state index in [1.54, 1.807) is 0 Å². The quantitative estimate of drug-likeness (QED) is 0.467. The van der Waals surface area contributed by atoms with Crippen molar-refractivity contribution < 1.29 is 4.74 Å². The van der Waals surface area contributed by atoms with Gasteiger partial charge in [0.25, 0.3) is 0 Å². The molecule has 0 atom stereocenters. The fourth-order valence-corrected chi connectivity index (χ4v) is 5.29. The highest BCUT2D eigenvalue weighted by atomic mass is 31.1. The maximum absolute atomic E-state index is 5.92. The minimum absolute atomic E-state index is 0.186. The van der Waals surface area contributed by atoms with Crippen molar-refractivity contribution in [2.75, 3.05) is 19.4 Å². The second-order valence-electron chi connectivity index (χ2n) is 6.83. The number of hydrogen-bond acceptors (Lipinski definition) is 1. The number of ether oxygens (including phenoxy) is 1. The molecule has 2 heteroatoms. The normalized spacial score (nSPS) is 11.8. The molecule has 0 N–H and O–H groups in total. The Morgan fingerprint density at radius 1 is 0.870 bits per heavy atom. The van der Waals surface area contributed by atoms with E-state index in [-0.39, 0.29) is 13.3 Å². The van der Waals surface area contributed by atoms with Crippen LogP contribution in [0.2, 0.25) is 0 Å². The molecule has 1 nitrogen and oxygen atoms in total. The van der Waals surface area contributed by atoms with Crippen molar-refractivity contribution in [3.63, 3.8) is 0 Å². The molecule has 0 aromatic heterocycles. The molecule has 0 spiro atoms. The summed E-state index contributed by atoms with van der Waals surface area (Å²) in [6, 6.07) is 21.9. The van der Waals surface area contributed by atoms with E-state index in [4.69, 9.17) is 4.74 Å². The summed E-state index contributed by atoms with van der Waals surface area (Å²) in [6.45, 7) is 8.60. The van der Waals surface area contributed by atoms with E-state index in [9.17, 15) is 0 Å². The molecule has 0 saturated heterocycles. The Balaban J connectivity index is 2.12. The average Bonchev–Trinajstić information content (AvgIpc) is 2.58. The lowest BCUT2D eigenvalue weighted by Gasteiger charge is -2.30. The molecule has 0 aliphatic carbocycles. The Bertz CT molecular complexity index is 511. The van der Waals surface area contributed by atoms with Crippen LogP contribution in [0.25, 0.3) is 0 Å². The summed E-state index contributed by atoms with van der Waals surface area (Å²) < 4.78 is 5.92. The summed E-state index contributed by atoms with van der Waals surface area (Å²) in [5.74, 6) is 0. The molecule has 2 aromatic rings. The second kappa shape index (κ2) is 9.21. The molecule has 0 heterocycles. The molecule has 2 aromatic carbocycles. The lowest BCUT2D eigenvalue weighted by molar-refractivity contribution is 0.0712. The summed E-state index contributed by atoms with van der Waals surface area (Å²) in [7, 11) is -0.343. The monoisotopic (exact) mass is 328 g/mol. The smallest absolute Gasteiger partial charge is 0.0520 e. The van der Waals surface area contributed by atoms with Gasteiger partial charge in [0.1, 0.15) is 0 Å². The molecule has 124 valence electrons. The number of unbranched alkanes of at least 4 members (excludes halogenated alkanes) is 1. The topological polar surface area (TPSA) is 9.23 Å². The zero-order chi connectivity index (χ0) is 16.5. The lowest BCUT2D eigenvalue weighted by atomic mass is 9.98. The van der Waals surface area contributed by atoms with Gasteiger partial charge in [-0.05, 0) is 36.5 Å². The molecule has 0 radical (unpaired) electrons. The van der Waals surface area contributed by atoms with Gasteiger partial charge < -0.3 is 4.74 Å². The predicted octanol–water partition coefficient (Wildman–Crippen LogP) is 4.96. The van der Waals surface area contributed by atoms with Gasteiger partial charge in [0.05, 0.1) is 6.61 Å². The summed E-state index contributed by atoms with van der Waals surface area (Å²) in [5, 5.41) is 2.91. The number of rotatable bonds is 9. The molecular weight excluding hydrogens is 299 g/mol. The van der Waals surface area contributed by atoms with E-state index in [1.165, 1.54) is 17.0 Å². The van der Waals surface area contributed by atoms with Crippen molar-refractivity contribution in [1.29, 1.82) is 0 Å². The van der Waals surface area contributed by atoms with Crippen molar-refractivity contribution in [2.24, 2.45) is 5.41 Å². The van der Waals surface area contributed by atoms with Crippen LogP contribution < -0.4 is 10.6 Å². The third-order valence-electron chi connectivity index (χ3n) is 3.86. The highest BCUT2D eigenvalue weighted by Gasteiger charge is 2.25. The number of hydrogen-bond donors (Lipinski definition) is 0. The van der Waals surface area contributed by atoms with Crippen molar-refractivity contribution in [3.05, 3.63) is 60.7 Å². The maximum Gasteiger partial charge on any atom is 0.0520 e. The van der Waals surface area contributed by atoms with Gasteiger partial charge in [-0.15, -0.1) is 0 Å². The van der Waals surface area contributed by atoms with E-state index in [2.05, 4.69) is 81.4 Å². The van der Waals surface area contributed by atoms with Gasteiger partial charge in [-0.1, -0.05) is 87.9 Å². The Labute approximate surface area is 142 Å². The van der Waals surface area contributed by atoms with Crippen LogP contribution in [0.3, 0.4) is 0 Å². The average molecular weight is 328 g/mol. The van der Waals surface area contributed by atoms with Crippen LogP contribution in [0.1, 0.15) is 33.6 Å². The van der Waals surface area contributed by atoms with Crippen LogP contribution in [0.4, 0.5) is 0 Å². The number of benzene rings is 2. The second-order valence-corrected chi connectivity index (χ2v) is 9.03. The lowest BCUT2D eigenvalue weighted by Crippen LogP contribution is -2.28. The van der Waals surface area contributed by atoms with E-state index in [0.717, 1.165) is 25.8 Å². The summed E-state index contributed by atoms with van der Waals surface area (Å²) in [4.78, 5) is 0. The van der Waals surface area contributed by atoms with E-state index >= 15 is 0 Å².